The van der Waals surface area contributed by atoms with Crippen LogP contribution in [0.5, 0.6) is 0 Å². The van der Waals surface area contributed by atoms with Crippen LogP contribution < -0.4 is 32.1 Å². The summed E-state index contributed by atoms with van der Waals surface area (Å²) in [5.41, 5.74) is 2.32. The van der Waals surface area contributed by atoms with Crippen molar-refractivity contribution in [2.45, 2.75) is 128 Å². The molecule has 9 rings (SSSR count). The molecule has 4 atom stereocenters. The lowest BCUT2D eigenvalue weighted by Crippen LogP contribution is -2.51. The standard InChI is InChI=1S/C56H63FN8O14/c1-4-56(76)37-21-42-50-35(25-65(42)54(74)36(37)26-78-55(56)75)49-39(15-14-34-30(3)38(57)22-40(62-50)48(34)49)63-51(71)32-19-33(20-32)79-28-60-44(67)23-59-52(72)41(18-31-11-7-5-8-12-31)61-45(68)27-77-47(70)24-58-43(66)13-9-6-10-16-64-46(69)17-29(2)53(64)73/h5,7-8,11-12,21-22,29,32-33,39,41,76H,4,6,9-10,13-20,23-28H2,1-3H3,(H,58,66)(H,59,72)(H,60,67)(H,61,68)(H,63,71)/t29?,32?,33?,39-,41-,56-/m0/s1. The summed E-state index contributed by atoms with van der Waals surface area (Å²) in [7, 11) is 0. The number of cyclic esters (lactones) is 1. The molecule has 0 radical (unpaired) electrons. The summed E-state index contributed by atoms with van der Waals surface area (Å²) >= 11 is 0. The number of hydrogen-bond donors (Lipinski definition) is 6. The van der Waals surface area contributed by atoms with Gasteiger partial charge in [0.05, 0.1) is 47.7 Å². The maximum Gasteiger partial charge on any atom is 0.343 e. The Morgan fingerprint density at radius 3 is 2.44 bits per heavy atom. The van der Waals surface area contributed by atoms with Crippen molar-refractivity contribution in [3.63, 3.8) is 0 Å². The molecule has 5 heterocycles. The zero-order valence-electron chi connectivity index (χ0n) is 44.1. The van der Waals surface area contributed by atoms with Gasteiger partial charge in [0.1, 0.15) is 31.7 Å². The van der Waals surface area contributed by atoms with Crippen LogP contribution in [-0.4, -0.2) is 118 Å². The van der Waals surface area contributed by atoms with Crippen LogP contribution in [0, 0.1) is 24.6 Å². The van der Waals surface area contributed by atoms with E-state index in [2.05, 4.69) is 26.6 Å². The maximum atomic E-state index is 15.4. The highest BCUT2D eigenvalue weighted by atomic mass is 19.1. The molecular formula is C56H63FN8O14. The second kappa shape index (κ2) is 23.6. The number of amides is 7. The fourth-order valence-corrected chi connectivity index (χ4v) is 11.1. The molecule has 5 aliphatic rings. The number of nitrogens with one attached hydrogen (secondary N) is 5. The smallest absolute Gasteiger partial charge is 0.343 e. The highest BCUT2D eigenvalue weighted by molar-refractivity contribution is 6.03. The van der Waals surface area contributed by atoms with Gasteiger partial charge in [0.15, 0.2) is 12.2 Å². The summed E-state index contributed by atoms with van der Waals surface area (Å²) in [6, 6.07) is 10.0. The number of esters is 2. The first-order valence-electron chi connectivity index (χ1n) is 26.7. The number of likely N-dealkylation sites (tertiary alicyclic amines) is 1. The monoisotopic (exact) mass is 1090 g/mol. The lowest BCUT2D eigenvalue weighted by molar-refractivity contribution is -0.172. The Balaban J connectivity index is 0.720. The van der Waals surface area contributed by atoms with Crippen LogP contribution in [0.2, 0.25) is 0 Å². The van der Waals surface area contributed by atoms with Crippen LogP contribution in [0.3, 0.4) is 0 Å². The SMILES string of the molecule is CC[C@@]1(O)C(=O)OCc2c1cc1n(c2=O)Cc2c-1nc1cc(F)c(C)c3c1c2[C@@H](NC(=O)C1CC(OCNC(=O)CNC(=O)[C@H](Cc2ccccc2)NC(=O)COC(=O)CNC(=O)CCCCCN2C(=O)CC(C)C2=O)C1)CC3. The number of aryl methyl sites for hydroxylation is 1. The molecule has 4 aromatic rings. The molecule has 2 aromatic carbocycles. The molecule has 7 amide bonds. The second-order valence-corrected chi connectivity index (χ2v) is 20.9. The van der Waals surface area contributed by atoms with E-state index in [0.717, 1.165) is 11.1 Å². The number of pyridine rings is 2. The van der Waals surface area contributed by atoms with Crippen molar-refractivity contribution < 1.29 is 66.9 Å². The highest BCUT2D eigenvalue weighted by Crippen LogP contribution is 2.46. The zero-order chi connectivity index (χ0) is 56.3. The number of rotatable bonds is 22. The molecule has 3 aliphatic heterocycles. The normalized spacial score (nSPS) is 21.0. The number of aliphatic hydroxyl groups is 1. The molecule has 1 saturated heterocycles. The third-order valence-corrected chi connectivity index (χ3v) is 15.7. The summed E-state index contributed by atoms with van der Waals surface area (Å²) in [5, 5.41) is 25.4. The van der Waals surface area contributed by atoms with Crippen molar-refractivity contribution in [2.24, 2.45) is 11.8 Å². The molecule has 0 spiro atoms. The second-order valence-electron chi connectivity index (χ2n) is 20.9. The van der Waals surface area contributed by atoms with E-state index in [0.29, 0.717) is 90.5 Å². The van der Waals surface area contributed by atoms with Crippen molar-refractivity contribution in [3.05, 3.63) is 97.6 Å². The first-order valence-corrected chi connectivity index (χ1v) is 26.7. The van der Waals surface area contributed by atoms with Gasteiger partial charge in [-0.3, -0.25) is 48.1 Å². The molecule has 2 fully saturated rings. The van der Waals surface area contributed by atoms with Gasteiger partial charge in [-0.2, -0.15) is 0 Å². The lowest BCUT2D eigenvalue weighted by atomic mass is 9.79. The van der Waals surface area contributed by atoms with Gasteiger partial charge in [-0.1, -0.05) is 50.6 Å². The quantitative estimate of drug-likeness (QED) is 0.0250. The Hall–Kier alpha value is -7.92. The average molecular weight is 1090 g/mol. The predicted octanol–water partition coefficient (Wildman–Crippen LogP) is 1.96. The molecule has 6 N–H and O–H groups in total. The van der Waals surface area contributed by atoms with E-state index in [4.69, 9.17) is 19.2 Å². The van der Waals surface area contributed by atoms with E-state index in [1.54, 1.807) is 57.2 Å². The van der Waals surface area contributed by atoms with Crippen molar-refractivity contribution in [3.8, 4) is 11.4 Å². The number of benzene rings is 2. The largest absolute Gasteiger partial charge is 0.458 e. The lowest BCUT2D eigenvalue weighted by Gasteiger charge is -2.36. The molecule has 79 heavy (non-hydrogen) atoms. The number of nitrogens with zero attached hydrogens (tertiary/aromatic N) is 3. The van der Waals surface area contributed by atoms with E-state index in [1.165, 1.54) is 15.5 Å². The number of carbonyl (C=O) groups excluding carboxylic acids is 9. The summed E-state index contributed by atoms with van der Waals surface area (Å²) in [4.78, 5) is 135. The number of ether oxygens (including phenoxy) is 3. The Kier molecular flexibility index (Phi) is 16.7. The minimum absolute atomic E-state index is 0.0322. The fourth-order valence-electron chi connectivity index (χ4n) is 11.1. The molecular weight excluding hydrogens is 1030 g/mol. The van der Waals surface area contributed by atoms with Crippen LogP contribution in [0.4, 0.5) is 4.39 Å². The van der Waals surface area contributed by atoms with Crippen LogP contribution in [0.25, 0.3) is 22.3 Å². The summed E-state index contributed by atoms with van der Waals surface area (Å²) < 4.78 is 33.0. The molecule has 1 unspecified atom stereocenters. The Morgan fingerprint density at radius 2 is 1.71 bits per heavy atom. The van der Waals surface area contributed by atoms with Crippen molar-refractivity contribution in [1.29, 1.82) is 0 Å². The summed E-state index contributed by atoms with van der Waals surface area (Å²) in [6.45, 7) is 3.20. The fraction of sp³-hybridized carbons (Fsp3) is 0.482. The number of unbranched alkanes of at least 4 members (excludes halogenated alkanes) is 2. The first-order chi connectivity index (χ1) is 37.8. The average Bonchev–Trinajstić information content (AvgIpc) is 4.15. The van der Waals surface area contributed by atoms with Crippen LogP contribution >= 0.6 is 0 Å². The summed E-state index contributed by atoms with van der Waals surface area (Å²) in [5.74, 6) is -6.03. The summed E-state index contributed by atoms with van der Waals surface area (Å²) in [6.07, 6.45) is 3.15. The number of imide groups is 1. The first kappa shape index (κ1) is 55.8. The molecule has 418 valence electrons. The Labute approximate surface area is 452 Å². The van der Waals surface area contributed by atoms with E-state index in [9.17, 15) is 53.1 Å². The number of hydrogen-bond acceptors (Lipinski definition) is 15. The number of carbonyl (C=O) groups is 9. The van der Waals surface area contributed by atoms with Gasteiger partial charge < -0.3 is 50.5 Å². The third kappa shape index (κ3) is 11.8. The van der Waals surface area contributed by atoms with E-state index >= 15 is 4.39 Å². The molecule has 1 saturated carbocycles. The van der Waals surface area contributed by atoms with Gasteiger partial charge in [0.25, 0.3) is 11.5 Å². The minimum atomic E-state index is -2.03. The van der Waals surface area contributed by atoms with E-state index in [1.807, 2.05) is 0 Å². The van der Waals surface area contributed by atoms with Crippen LogP contribution in [-0.2, 0) is 89.0 Å². The van der Waals surface area contributed by atoms with Gasteiger partial charge >= 0.3 is 11.9 Å². The van der Waals surface area contributed by atoms with Gasteiger partial charge in [-0.25, -0.2) is 14.2 Å². The molecule has 0 bridgehead atoms. The topological polar surface area (TPSA) is 300 Å². The van der Waals surface area contributed by atoms with Gasteiger partial charge in [-0.15, -0.1) is 0 Å². The molecule has 2 aliphatic carbocycles. The van der Waals surface area contributed by atoms with Gasteiger partial charge in [0.2, 0.25) is 35.4 Å². The predicted molar refractivity (Wildman–Crippen MR) is 277 cm³/mol. The Morgan fingerprint density at radius 1 is 0.937 bits per heavy atom. The molecule has 23 heteroatoms. The van der Waals surface area contributed by atoms with E-state index in [-0.39, 0.29) is 86.4 Å². The third-order valence-electron chi connectivity index (χ3n) is 15.7. The minimum Gasteiger partial charge on any atom is -0.458 e. The van der Waals surface area contributed by atoms with Gasteiger partial charge in [0, 0.05) is 60.2 Å². The number of aromatic nitrogens is 2. The number of fused-ring (bicyclic) bond motifs is 5. The molecule has 2 aromatic heterocycles. The number of halogens is 1. The highest BCUT2D eigenvalue weighted by Gasteiger charge is 2.46. The zero-order valence-corrected chi connectivity index (χ0v) is 44.1. The maximum absolute atomic E-state index is 15.4. The Bertz CT molecular complexity index is 3210. The van der Waals surface area contributed by atoms with Crippen molar-refractivity contribution in [2.75, 3.05) is 33.0 Å². The van der Waals surface area contributed by atoms with Crippen LogP contribution in [0.15, 0.2) is 47.3 Å². The van der Waals surface area contributed by atoms with Crippen molar-refractivity contribution >= 4 is 64.2 Å². The van der Waals surface area contributed by atoms with E-state index < -0.39 is 90.2 Å². The van der Waals surface area contributed by atoms with Crippen molar-refractivity contribution in [1.82, 2.24) is 41.0 Å². The molecule has 22 nitrogen and oxygen atoms in total. The van der Waals surface area contributed by atoms with Gasteiger partial charge in [-0.05, 0) is 80.2 Å². The van der Waals surface area contributed by atoms with Crippen LogP contribution in [0.1, 0.15) is 117 Å².